The van der Waals surface area contributed by atoms with Crippen LogP contribution in [0.5, 0.6) is 0 Å². The van der Waals surface area contributed by atoms with Crippen molar-refractivity contribution in [1.82, 2.24) is 4.90 Å². The standard InChI is InChI=1S/C20H24ClN3O/c1-3-16-6-4-5-7-19(16)23-10-12-24(13-11-23)20(25)22-18-9-8-17(21)14-15(18)2/h4-9,14H,3,10-13H2,1-2H3,(H,22,25). The first-order valence-corrected chi connectivity index (χ1v) is 9.11. The van der Waals surface area contributed by atoms with E-state index in [1.807, 2.05) is 24.0 Å². The zero-order valence-electron chi connectivity index (χ0n) is 14.8. The quantitative estimate of drug-likeness (QED) is 0.873. The Kier molecular flexibility index (Phi) is 5.49. The van der Waals surface area contributed by atoms with E-state index >= 15 is 0 Å². The van der Waals surface area contributed by atoms with Gasteiger partial charge in [-0.3, -0.25) is 0 Å². The van der Waals surface area contributed by atoms with Crippen molar-refractivity contribution in [2.45, 2.75) is 20.3 Å². The van der Waals surface area contributed by atoms with Crippen LogP contribution in [-0.4, -0.2) is 37.1 Å². The smallest absolute Gasteiger partial charge is 0.321 e. The fraction of sp³-hybridized carbons (Fsp3) is 0.350. The number of nitrogens with zero attached hydrogens (tertiary/aromatic N) is 2. The molecule has 1 aliphatic heterocycles. The Morgan fingerprint density at radius 2 is 1.84 bits per heavy atom. The van der Waals surface area contributed by atoms with Crippen LogP contribution in [0, 0.1) is 6.92 Å². The Labute approximate surface area is 154 Å². The molecule has 132 valence electrons. The van der Waals surface area contributed by atoms with Gasteiger partial charge in [0, 0.05) is 42.6 Å². The van der Waals surface area contributed by atoms with Crippen LogP contribution in [0.2, 0.25) is 5.02 Å². The largest absolute Gasteiger partial charge is 0.368 e. The number of rotatable bonds is 3. The zero-order chi connectivity index (χ0) is 17.8. The number of benzene rings is 2. The lowest BCUT2D eigenvalue weighted by Gasteiger charge is -2.37. The molecule has 25 heavy (non-hydrogen) atoms. The van der Waals surface area contributed by atoms with E-state index in [9.17, 15) is 4.79 Å². The molecule has 0 unspecified atom stereocenters. The lowest BCUT2D eigenvalue weighted by molar-refractivity contribution is 0.208. The van der Waals surface area contributed by atoms with Gasteiger partial charge in [-0.15, -0.1) is 0 Å². The minimum atomic E-state index is -0.0474. The molecule has 2 aromatic carbocycles. The van der Waals surface area contributed by atoms with Gasteiger partial charge in [-0.2, -0.15) is 0 Å². The third-order valence-electron chi connectivity index (χ3n) is 4.71. The Balaban J connectivity index is 1.61. The van der Waals surface area contributed by atoms with Crippen molar-refractivity contribution >= 4 is 29.0 Å². The predicted molar refractivity (Wildman–Crippen MR) is 105 cm³/mol. The maximum atomic E-state index is 12.5. The number of anilines is 2. The van der Waals surface area contributed by atoms with Crippen molar-refractivity contribution in [3.63, 3.8) is 0 Å². The summed E-state index contributed by atoms with van der Waals surface area (Å²) < 4.78 is 0. The Hall–Kier alpha value is -2.20. The number of piperazine rings is 1. The fourth-order valence-electron chi connectivity index (χ4n) is 3.23. The van der Waals surface area contributed by atoms with Gasteiger partial charge in [0.05, 0.1) is 0 Å². The molecule has 2 aromatic rings. The number of carbonyl (C=O) groups excluding carboxylic acids is 1. The molecular formula is C20H24ClN3O. The molecular weight excluding hydrogens is 334 g/mol. The summed E-state index contributed by atoms with van der Waals surface area (Å²) >= 11 is 5.97. The number of hydrogen-bond acceptors (Lipinski definition) is 2. The van der Waals surface area contributed by atoms with E-state index in [2.05, 4.69) is 41.4 Å². The third kappa shape index (κ3) is 4.07. The lowest BCUT2D eigenvalue weighted by Crippen LogP contribution is -2.50. The maximum absolute atomic E-state index is 12.5. The molecule has 0 spiro atoms. The monoisotopic (exact) mass is 357 g/mol. The molecule has 3 rings (SSSR count). The zero-order valence-corrected chi connectivity index (χ0v) is 15.5. The molecule has 0 atom stereocenters. The molecule has 1 N–H and O–H groups in total. The van der Waals surface area contributed by atoms with Crippen LogP contribution in [0.1, 0.15) is 18.1 Å². The topological polar surface area (TPSA) is 35.6 Å². The lowest BCUT2D eigenvalue weighted by atomic mass is 10.1. The average Bonchev–Trinajstić information content (AvgIpc) is 2.64. The van der Waals surface area contributed by atoms with E-state index in [1.54, 1.807) is 6.07 Å². The Morgan fingerprint density at radius 1 is 1.12 bits per heavy atom. The van der Waals surface area contributed by atoms with E-state index in [0.717, 1.165) is 43.9 Å². The molecule has 0 aromatic heterocycles. The maximum Gasteiger partial charge on any atom is 0.321 e. The first-order chi connectivity index (χ1) is 12.1. The highest BCUT2D eigenvalue weighted by Gasteiger charge is 2.22. The molecule has 1 fully saturated rings. The fourth-order valence-corrected chi connectivity index (χ4v) is 3.46. The number of nitrogens with one attached hydrogen (secondary N) is 1. The number of hydrogen-bond donors (Lipinski definition) is 1. The second kappa shape index (κ2) is 7.79. The highest BCUT2D eigenvalue weighted by atomic mass is 35.5. The first kappa shape index (κ1) is 17.6. The van der Waals surface area contributed by atoms with Crippen molar-refractivity contribution in [2.24, 2.45) is 0 Å². The van der Waals surface area contributed by atoms with Gasteiger partial charge < -0.3 is 15.1 Å². The summed E-state index contributed by atoms with van der Waals surface area (Å²) in [6.45, 7) is 7.26. The van der Waals surface area contributed by atoms with Gasteiger partial charge in [0.1, 0.15) is 0 Å². The van der Waals surface area contributed by atoms with Crippen molar-refractivity contribution in [2.75, 3.05) is 36.4 Å². The SMILES string of the molecule is CCc1ccccc1N1CCN(C(=O)Nc2ccc(Cl)cc2C)CC1. The summed E-state index contributed by atoms with van der Waals surface area (Å²) in [7, 11) is 0. The molecule has 1 heterocycles. The van der Waals surface area contributed by atoms with Gasteiger partial charge in [0.25, 0.3) is 0 Å². The second-order valence-electron chi connectivity index (χ2n) is 6.35. The van der Waals surface area contributed by atoms with Crippen molar-refractivity contribution in [3.05, 3.63) is 58.6 Å². The molecule has 5 heteroatoms. The summed E-state index contributed by atoms with van der Waals surface area (Å²) in [6.07, 6.45) is 1.02. The van der Waals surface area contributed by atoms with Crippen molar-refractivity contribution in [3.8, 4) is 0 Å². The van der Waals surface area contributed by atoms with Crippen molar-refractivity contribution < 1.29 is 4.79 Å². The van der Waals surface area contributed by atoms with E-state index in [-0.39, 0.29) is 6.03 Å². The van der Waals surface area contributed by atoms with Gasteiger partial charge in [0.2, 0.25) is 0 Å². The van der Waals surface area contributed by atoms with Crippen LogP contribution in [0.25, 0.3) is 0 Å². The number of amides is 2. The van der Waals surface area contributed by atoms with E-state index in [1.165, 1.54) is 11.3 Å². The number of para-hydroxylation sites is 1. The molecule has 0 bridgehead atoms. The highest BCUT2D eigenvalue weighted by Crippen LogP contribution is 2.23. The van der Waals surface area contributed by atoms with Crippen LogP contribution in [0.15, 0.2) is 42.5 Å². The summed E-state index contributed by atoms with van der Waals surface area (Å²) in [4.78, 5) is 16.8. The molecule has 0 saturated carbocycles. The minimum Gasteiger partial charge on any atom is -0.368 e. The van der Waals surface area contributed by atoms with Crippen LogP contribution in [0.3, 0.4) is 0 Å². The Bertz CT molecular complexity index is 754. The van der Waals surface area contributed by atoms with Crippen LogP contribution in [0.4, 0.5) is 16.2 Å². The van der Waals surface area contributed by atoms with E-state index in [4.69, 9.17) is 11.6 Å². The molecule has 2 amide bonds. The summed E-state index contributed by atoms with van der Waals surface area (Å²) in [6, 6.07) is 14.0. The number of halogens is 1. The number of carbonyl (C=O) groups is 1. The highest BCUT2D eigenvalue weighted by molar-refractivity contribution is 6.30. The first-order valence-electron chi connectivity index (χ1n) is 8.73. The van der Waals surface area contributed by atoms with Crippen LogP contribution < -0.4 is 10.2 Å². The summed E-state index contributed by atoms with van der Waals surface area (Å²) in [5, 5.41) is 3.67. The molecule has 4 nitrogen and oxygen atoms in total. The van der Waals surface area contributed by atoms with Crippen LogP contribution >= 0.6 is 11.6 Å². The van der Waals surface area contributed by atoms with Gasteiger partial charge >= 0.3 is 6.03 Å². The second-order valence-corrected chi connectivity index (χ2v) is 6.78. The third-order valence-corrected chi connectivity index (χ3v) is 4.95. The van der Waals surface area contributed by atoms with Gasteiger partial charge in [-0.25, -0.2) is 4.79 Å². The molecule has 0 aliphatic carbocycles. The summed E-state index contributed by atoms with van der Waals surface area (Å²) in [5.74, 6) is 0. The minimum absolute atomic E-state index is 0.0474. The van der Waals surface area contributed by atoms with Gasteiger partial charge in [-0.05, 0) is 48.7 Å². The molecule has 1 aliphatic rings. The van der Waals surface area contributed by atoms with Crippen molar-refractivity contribution in [1.29, 1.82) is 0 Å². The average molecular weight is 358 g/mol. The number of aryl methyl sites for hydroxylation is 2. The predicted octanol–water partition coefficient (Wildman–Crippen LogP) is 4.56. The van der Waals surface area contributed by atoms with Crippen LogP contribution in [-0.2, 0) is 6.42 Å². The van der Waals surface area contributed by atoms with E-state index < -0.39 is 0 Å². The van der Waals surface area contributed by atoms with Gasteiger partial charge in [0.15, 0.2) is 0 Å². The van der Waals surface area contributed by atoms with E-state index in [0.29, 0.717) is 5.02 Å². The van der Waals surface area contributed by atoms with Gasteiger partial charge in [-0.1, -0.05) is 36.7 Å². The normalized spacial score (nSPS) is 14.5. The summed E-state index contributed by atoms with van der Waals surface area (Å²) in [5.41, 5.74) is 4.43. The number of urea groups is 1. The Morgan fingerprint density at radius 3 is 2.52 bits per heavy atom. The molecule has 0 radical (unpaired) electrons. The molecule has 1 saturated heterocycles.